The van der Waals surface area contributed by atoms with Crippen LogP contribution in [0.5, 0.6) is 0 Å². The zero-order valence-corrected chi connectivity index (χ0v) is 12.1. The Morgan fingerprint density at radius 3 is 2.55 bits per heavy atom. The van der Waals surface area contributed by atoms with E-state index >= 15 is 0 Å². The summed E-state index contributed by atoms with van der Waals surface area (Å²) in [6, 6.07) is -0.0617. The summed E-state index contributed by atoms with van der Waals surface area (Å²) in [6.07, 6.45) is -0.744. The van der Waals surface area contributed by atoms with Gasteiger partial charge in [-0.1, -0.05) is 6.92 Å². The Bertz CT molecular complexity index is 544. The Morgan fingerprint density at radius 1 is 1.40 bits per heavy atom. The van der Waals surface area contributed by atoms with Gasteiger partial charge in [-0.25, -0.2) is 8.42 Å². The van der Waals surface area contributed by atoms with Gasteiger partial charge in [-0.05, 0) is 19.0 Å². The van der Waals surface area contributed by atoms with E-state index in [2.05, 4.69) is 10.3 Å². The van der Waals surface area contributed by atoms with Gasteiger partial charge in [-0.15, -0.1) is 0 Å². The number of nitrogens with zero attached hydrogens (tertiary/aromatic N) is 1. The van der Waals surface area contributed by atoms with Crippen LogP contribution in [0.4, 0.5) is 13.2 Å². The summed E-state index contributed by atoms with van der Waals surface area (Å²) in [5.74, 6) is -0.401. The van der Waals surface area contributed by atoms with Crippen molar-refractivity contribution in [1.29, 1.82) is 0 Å². The second-order valence-corrected chi connectivity index (χ2v) is 6.74. The molecule has 0 amide bonds. The summed E-state index contributed by atoms with van der Waals surface area (Å²) >= 11 is 0. The van der Waals surface area contributed by atoms with Crippen LogP contribution in [-0.4, -0.2) is 32.0 Å². The summed E-state index contributed by atoms with van der Waals surface area (Å²) < 4.78 is 61.7. The minimum absolute atomic E-state index is 0.140. The molecule has 0 spiro atoms. The Hall–Kier alpha value is -1.15. The van der Waals surface area contributed by atoms with E-state index < -0.39 is 33.4 Å². The second kappa shape index (κ2) is 6.53. The number of rotatable bonds is 6. The van der Waals surface area contributed by atoms with Gasteiger partial charge >= 0.3 is 6.18 Å². The van der Waals surface area contributed by atoms with Crippen LogP contribution in [0.1, 0.15) is 30.5 Å². The Labute approximate surface area is 116 Å². The van der Waals surface area contributed by atoms with Crippen molar-refractivity contribution in [3.63, 3.8) is 0 Å². The fraction of sp³-hybridized carbons (Fsp3) is 0.583. The standard InChI is InChI=1S/C12H17F3N2O2S/c1-3-5-17-11(8-20(2,18)19)9-7-16-6-4-10(9)12(13,14)15/h4,6-7,11,17H,3,5,8H2,1-2H3. The van der Waals surface area contributed by atoms with Crippen LogP contribution in [0.25, 0.3) is 0 Å². The number of alkyl halides is 3. The maximum absolute atomic E-state index is 13.0. The van der Waals surface area contributed by atoms with E-state index in [1.165, 1.54) is 0 Å². The summed E-state index contributed by atoms with van der Waals surface area (Å²) in [4.78, 5) is 3.68. The third-order valence-electron chi connectivity index (χ3n) is 2.64. The largest absolute Gasteiger partial charge is 0.416 e. The molecule has 1 N–H and O–H groups in total. The van der Waals surface area contributed by atoms with Crippen LogP contribution < -0.4 is 5.32 Å². The van der Waals surface area contributed by atoms with Crippen LogP contribution in [0.3, 0.4) is 0 Å². The zero-order chi connectivity index (χ0) is 15.4. The predicted molar refractivity (Wildman–Crippen MR) is 70.0 cm³/mol. The fourth-order valence-electron chi connectivity index (χ4n) is 1.82. The summed E-state index contributed by atoms with van der Waals surface area (Å²) in [5.41, 5.74) is -0.997. The highest BCUT2D eigenvalue weighted by Crippen LogP contribution is 2.34. The van der Waals surface area contributed by atoms with Gasteiger partial charge in [0.1, 0.15) is 9.84 Å². The van der Waals surface area contributed by atoms with Crippen molar-refractivity contribution in [1.82, 2.24) is 10.3 Å². The van der Waals surface area contributed by atoms with E-state index in [1.54, 1.807) is 0 Å². The lowest BCUT2D eigenvalue weighted by Crippen LogP contribution is -2.30. The minimum Gasteiger partial charge on any atom is -0.309 e. The first-order valence-electron chi connectivity index (χ1n) is 6.07. The Kier molecular flexibility index (Phi) is 5.52. The monoisotopic (exact) mass is 310 g/mol. The van der Waals surface area contributed by atoms with Gasteiger partial charge in [0, 0.05) is 30.3 Å². The third kappa shape index (κ3) is 5.09. The summed E-state index contributed by atoms with van der Waals surface area (Å²) in [6.45, 7) is 2.27. The molecule has 0 fully saturated rings. The molecule has 4 nitrogen and oxygen atoms in total. The Balaban J connectivity index is 3.20. The second-order valence-electron chi connectivity index (χ2n) is 4.56. The molecular formula is C12H17F3N2O2S. The van der Waals surface area contributed by atoms with Gasteiger partial charge in [0.25, 0.3) is 0 Å². The molecular weight excluding hydrogens is 293 g/mol. The SMILES string of the molecule is CCCNC(CS(C)(=O)=O)c1cnccc1C(F)(F)F. The van der Waals surface area contributed by atoms with E-state index in [0.29, 0.717) is 13.0 Å². The van der Waals surface area contributed by atoms with Gasteiger partial charge in [0.15, 0.2) is 0 Å². The van der Waals surface area contributed by atoms with E-state index in [1.807, 2.05) is 6.92 Å². The molecule has 0 saturated carbocycles. The zero-order valence-electron chi connectivity index (χ0n) is 11.2. The maximum Gasteiger partial charge on any atom is 0.416 e. The molecule has 1 aromatic heterocycles. The van der Waals surface area contributed by atoms with Gasteiger partial charge in [-0.3, -0.25) is 4.98 Å². The van der Waals surface area contributed by atoms with Crippen molar-refractivity contribution in [2.75, 3.05) is 18.6 Å². The van der Waals surface area contributed by atoms with Crippen molar-refractivity contribution >= 4 is 9.84 Å². The van der Waals surface area contributed by atoms with E-state index in [0.717, 1.165) is 24.7 Å². The molecule has 0 aliphatic heterocycles. The normalized spacial score (nSPS) is 14.2. The van der Waals surface area contributed by atoms with Crippen molar-refractivity contribution in [2.45, 2.75) is 25.6 Å². The van der Waals surface area contributed by atoms with Gasteiger partial charge in [0.05, 0.1) is 11.3 Å². The molecule has 20 heavy (non-hydrogen) atoms. The van der Waals surface area contributed by atoms with Crippen LogP contribution in [0.15, 0.2) is 18.5 Å². The smallest absolute Gasteiger partial charge is 0.309 e. The lowest BCUT2D eigenvalue weighted by Gasteiger charge is -2.21. The fourth-order valence-corrected chi connectivity index (χ4v) is 2.73. The molecule has 1 heterocycles. The van der Waals surface area contributed by atoms with Crippen molar-refractivity contribution in [3.05, 3.63) is 29.6 Å². The molecule has 1 aromatic rings. The number of nitrogens with one attached hydrogen (secondary N) is 1. The van der Waals surface area contributed by atoms with E-state index in [4.69, 9.17) is 0 Å². The Morgan fingerprint density at radius 2 is 2.05 bits per heavy atom. The first-order chi connectivity index (χ1) is 9.15. The molecule has 114 valence electrons. The predicted octanol–water partition coefficient (Wildman–Crippen LogP) is 2.19. The molecule has 0 radical (unpaired) electrons. The van der Waals surface area contributed by atoms with Crippen LogP contribution >= 0.6 is 0 Å². The number of hydrogen-bond acceptors (Lipinski definition) is 4. The lowest BCUT2D eigenvalue weighted by atomic mass is 10.0. The summed E-state index contributed by atoms with van der Waals surface area (Å²) in [5, 5.41) is 2.84. The van der Waals surface area contributed by atoms with Crippen LogP contribution in [-0.2, 0) is 16.0 Å². The number of hydrogen-bond donors (Lipinski definition) is 1. The first kappa shape index (κ1) is 16.9. The number of pyridine rings is 1. The molecule has 1 rings (SSSR count). The van der Waals surface area contributed by atoms with Crippen LogP contribution in [0, 0.1) is 0 Å². The highest BCUT2D eigenvalue weighted by Gasteiger charge is 2.35. The number of aromatic nitrogens is 1. The molecule has 0 bridgehead atoms. The van der Waals surface area contributed by atoms with Crippen molar-refractivity contribution in [2.24, 2.45) is 0 Å². The molecule has 0 saturated heterocycles. The average Bonchev–Trinajstić information content (AvgIpc) is 2.32. The van der Waals surface area contributed by atoms with Crippen molar-refractivity contribution < 1.29 is 21.6 Å². The van der Waals surface area contributed by atoms with Crippen LogP contribution in [0.2, 0.25) is 0 Å². The van der Waals surface area contributed by atoms with Gasteiger partial charge in [0.2, 0.25) is 0 Å². The average molecular weight is 310 g/mol. The highest BCUT2D eigenvalue weighted by atomic mass is 32.2. The third-order valence-corrected chi connectivity index (χ3v) is 3.58. The molecule has 0 aliphatic rings. The minimum atomic E-state index is -4.54. The molecule has 1 unspecified atom stereocenters. The molecule has 1 atom stereocenters. The number of halogens is 3. The summed E-state index contributed by atoms with van der Waals surface area (Å²) in [7, 11) is -3.42. The molecule has 8 heteroatoms. The maximum atomic E-state index is 13.0. The highest BCUT2D eigenvalue weighted by molar-refractivity contribution is 7.90. The van der Waals surface area contributed by atoms with Gasteiger partial charge in [-0.2, -0.15) is 13.2 Å². The quantitative estimate of drug-likeness (QED) is 0.875. The number of sulfone groups is 1. The van der Waals surface area contributed by atoms with E-state index in [9.17, 15) is 21.6 Å². The first-order valence-corrected chi connectivity index (χ1v) is 8.13. The van der Waals surface area contributed by atoms with Crippen molar-refractivity contribution in [3.8, 4) is 0 Å². The lowest BCUT2D eigenvalue weighted by molar-refractivity contribution is -0.138. The van der Waals surface area contributed by atoms with E-state index in [-0.39, 0.29) is 5.56 Å². The topological polar surface area (TPSA) is 59.1 Å². The molecule has 0 aliphatic carbocycles. The molecule has 0 aromatic carbocycles. The van der Waals surface area contributed by atoms with Gasteiger partial charge < -0.3 is 5.32 Å².